The number of benzene rings is 3. The summed E-state index contributed by atoms with van der Waals surface area (Å²) in [7, 11) is 0. The summed E-state index contributed by atoms with van der Waals surface area (Å²) in [5, 5.41) is 4.37. The zero-order valence-electron chi connectivity index (χ0n) is 19.1. The topological polar surface area (TPSA) is 46.9 Å². The minimum atomic E-state index is 0.113. The Labute approximate surface area is 210 Å². The number of carbonyl (C=O) groups excluding carboxylic acids is 1. The van der Waals surface area contributed by atoms with Crippen molar-refractivity contribution in [3.8, 4) is 0 Å². The van der Waals surface area contributed by atoms with Gasteiger partial charge in [-0.15, -0.1) is 0 Å². The third-order valence-corrected chi connectivity index (χ3v) is 6.70. The third-order valence-electron chi connectivity index (χ3n) is 5.99. The summed E-state index contributed by atoms with van der Waals surface area (Å²) in [5.41, 5.74) is 4.16. The molecule has 0 atom stereocenters. The first kappa shape index (κ1) is 24.3. The van der Waals surface area contributed by atoms with Gasteiger partial charge in [0.2, 0.25) is 5.91 Å². The van der Waals surface area contributed by atoms with E-state index in [1.165, 1.54) is 5.56 Å². The van der Waals surface area contributed by atoms with Gasteiger partial charge < -0.3 is 9.88 Å². The number of carbonyl (C=O) groups is 1. The molecule has 6 heteroatoms. The number of rotatable bonds is 11. The van der Waals surface area contributed by atoms with E-state index in [0.29, 0.717) is 29.6 Å². The lowest BCUT2D eigenvalue weighted by Gasteiger charge is -2.12. The summed E-state index contributed by atoms with van der Waals surface area (Å²) in [6.45, 7) is 1.30. The molecule has 0 saturated carbocycles. The summed E-state index contributed by atoms with van der Waals surface area (Å²) in [4.78, 5) is 17.0. The standard InChI is InChI=1S/C28H29Cl2N3O/c29-23-12-9-13-24(30)22(23)20-33-26-15-7-6-14-25(26)32-27(33)16-5-2-8-19-31-28(34)18-17-21-10-3-1-4-11-21/h1,3-4,6-7,9-15H,2,5,8,16-20H2,(H,31,34). The van der Waals surface area contributed by atoms with E-state index in [0.717, 1.165) is 54.5 Å². The van der Waals surface area contributed by atoms with Crippen molar-refractivity contribution in [2.75, 3.05) is 6.54 Å². The van der Waals surface area contributed by atoms with Crippen molar-refractivity contribution in [1.82, 2.24) is 14.9 Å². The van der Waals surface area contributed by atoms with Gasteiger partial charge in [0.1, 0.15) is 5.82 Å². The number of imidazole rings is 1. The fourth-order valence-corrected chi connectivity index (χ4v) is 4.65. The van der Waals surface area contributed by atoms with Crippen LogP contribution in [-0.2, 0) is 24.2 Å². The lowest BCUT2D eigenvalue weighted by Crippen LogP contribution is -2.24. The zero-order valence-corrected chi connectivity index (χ0v) is 20.7. The molecule has 1 amide bonds. The van der Waals surface area contributed by atoms with Crippen LogP contribution in [0.3, 0.4) is 0 Å². The molecular formula is C28H29Cl2N3O. The van der Waals surface area contributed by atoms with Crippen LogP contribution in [0.15, 0.2) is 72.8 Å². The molecule has 0 aliphatic heterocycles. The van der Waals surface area contributed by atoms with E-state index >= 15 is 0 Å². The second-order valence-corrected chi connectivity index (χ2v) is 9.26. The average Bonchev–Trinajstić information content (AvgIpc) is 3.20. The maximum absolute atomic E-state index is 12.1. The van der Waals surface area contributed by atoms with E-state index < -0.39 is 0 Å². The number of halogens is 2. The number of para-hydroxylation sites is 2. The van der Waals surface area contributed by atoms with Gasteiger partial charge in [-0.2, -0.15) is 0 Å². The minimum absolute atomic E-state index is 0.113. The maximum atomic E-state index is 12.1. The molecule has 0 spiro atoms. The first-order chi connectivity index (χ1) is 16.6. The molecule has 1 N–H and O–H groups in total. The highest BCUT2D eigenvalue weighted by Gasteiger charge is 2.14. The van der Waals surface area contributed by atoms with Gasteiger partial charge in [0.25, 0.3) is 0 Å². The summed E-state index contributed by atoms with van der Waals surface area (Å²) in [5.74, 6) is 1.14. The fraction of sp³-hybridized carbons (Fsp3) is 0.286. The van der Waals surface area contributed by atoms with E-state index in [1.54, 1.807) is 0 Å². The third kappa shape index (κ3) is 6.40. The normalized spacial score (nSPS) is 11.1. The molecule has 176 valence electrons. The number of hydrogen-bond acceptors (Lipinski definition) is 2. The van der Waals surface area contributed by atoms with Crippen LogP contribution in [-0.4, -0.2) is 22.0 Å². The highest BCUT2D eigenvalue weighted by atomic mass is 35.5. The van der Waals surface area contributed by atoms with Crippen molar-refractivity contribution < 1.29 is 4.79 Å². The summed E-state index contributed by atoms with van der Waals surface area (Å²) in [6, 6.07) is 23.9. The number of fused-ring (bicyclic) bond motifs is 1. The molecule has 0 aliphatic carbocycles. The Morgan fingerprint density at radius 3 is 2.35 bits per heavy atom. The quantitative estimate of drug-likeness (QED) is 0.232. The summed E-state index contributed by atoms with van der Waals surface area (Å²) in [6.07, 6.45) is 5.14. The van der Waals surface area contributed by atoms with Gasteiger partial charge in [-0.1, -0.05) is 78.2 Å². The van der Waals surface area contributed by atoms with Crippen molar-refractivity contribution in [1.29, 1.82) is 0 Å². The van der Waals surface area contributed by atoms with Crippen LogP contribution < -0.4 is 5.32 Å². The maximum Gasteiger partial charge on any atom is 0.220 e. The van der Waals surface area contributed by atoms with Crippen LogP contribution in [0, 0.1) is 0 Å². The molecule has 0 fully saturated rings. The number of amides is 1. The van der Waals surface area contributed by atoms with Crippen molar-refractivity contribution in [3.05, 3.63) is 99.8 Å². The van der Waals surface area contributed by atoms with Crippen LogP contribution in [0.4, 0.5) is 0 Å². The second kappa shape index (κ2) is 12.0. The highest BCUT2D eigenvalue weighted by Crippen LogP contribution is 2.28. The molecule has 3 aromatic carbocycles. The molecule has 0 unspecified atom stereocenters. The molecule has 0 aliphatic rings. The average molecular weight is 494 g/mol. The Morgan fingerprint density at radius 2 is 1.56 bits per heavy atom. The van der Waals surface area contributed by atoms with Crippen LogP contribution in [0.2, 0.25) is 10.0 Å². The SMILES string of the molecule is O=C(CCc1ccccc1)NCCCCCc1nc2ccccc2n1Cc1c(Cl)cccc1Cl. The molecule has 0 bridgehead atoms. The van der Waals surface area contributed by atoms with E-state index in [4.69, 9.17) is 28.2 Å². The van der Waals surface area contributed by atoms with Gasteiger partial charge in [0.15, 0.2) is 0 Å². The van der Waals surface area contributed by atoms with Crippen LogP contribution >= 0.6 is 23.2 Å². The smallest absolute Gasteiger partial charge is 0.220 e. The van der Waals surface area contributed by atoms with E-state index in [2.05, 4.69) is 28.1 Å². The van der Waals surface area contributed by atoms with Crippen LogP contribution in [0.5, 0.6) is 0 Å². The van der Waals surface area contributed by atoms with Gasteiger partial charge in [0.05, 0.1) is 17.6 Å². The highest BCUT2D eigenvalue weighted by molar-refractivity contribution is 6.36. The predicted octanol–water partition coefficient (Wildman–Crippen LogP) is 6.85. The van der Waals surface area contributed by atoms with Crippen molar-refractivity contribution in [2.24, 2.45) is 0 Å². The molecule has 1 heterocycles. The van der Waals surface area contributed by atoms with E-state index in [1.807, 2.05) is 54.6 Å². The number of nitrogens with zero attached hydrogens (tertiary/aromatic N) is 2. The molecule has 0 saturated heterocycles. The Kier molecular flexibility index (Phi) is 8.62. The Bertz CT molecular complexity index is 1220. The first-order valence-corrected chi connectivity index (χ1v) is 12.5. The van der Waals surface area contributed by atoms with Crippen molar-refractivity contribution in [2.45, 2.75) is 45.1 Å². The van der Waals surface area contributed by atoms with Gasteiger partial charge in [0, 0.05) is 35.0 Å². The molecule has 4 rings (SSSR count). The molecular weight excluding hydrogens is 465 g/mol. The molecule has 34 heavy (non-hydrogen) atoms. The fourth-order valence-electron chi connectivity index (χ4n) is 4.14. The number of aryl methyl sites for hydroxylation is 2. The number of nitrogens with one attached hydrogen (secondary N) is 1. The van der Waals surface area contributed by atoms with Crippen LogP contribution in [0.25, 0.3) is 11.0 Å². The van der Waals surface area contributed by atoms with Crippen molar-refractivity contribution in [3.63, 3.8) is 0 Å². The Morgan fingerprint density at radius 1 is 0.824 bits per heavy atom. The van der Waals surface area contributed by atoms with Gasteiger partial charge in [-0.25, -0.2) is 4.98 Å². The van der Waals surface area contributed by atoms with Gasteiger partial charge in [-0.3, -0.25) is 4.79 Å². The number of hydrogen-bond donors (Lipinski definition) is 1. The lowest BCUT2D eigenvalue weighted by atomic mass is 10.1. The van der Waals surface area contributed by atoms with E-state index in [9.17, 15) is 4.79 Å². The summed E-state index contributed by atoms with van der Waals surface area (Å²) < 4.78 is 2.22. The summed E-state index contributed by atoms with van der Waals surface area (Å²) >= 11 is 12.9. The second-order valence-electron chi connectivity index (χ2n) is 8.45. The van der Waals surface area contributed by atoms with Crippen molar-refractivity contribution >= 4 is 40.1 Å². The van der Waals surface area contributed by atoms with E-state index in [-0.39, 0.29) is 5.91 Å². The first-order valence-electron chi connectivity index (χ1n) is 11.8. The van der Waals surface area contributed by atoms with Gasteiger partial charge >= 0.3 is 0 Å². The molecule has 4 nitrogen and oxygen atoms in total. The largest absolute Gasteiger partial charge is 0.356 e. The predicted molar refractivity (Wildman–Crippen MR) is 141 cm³/mol. The number of unbranched alkanes of at least 4 members (excludes halogenated alkanes) is 2. The van der Waals surface area contributed by atoms with Crippen LogP contribution in [0.1, 0.15) is 42.6 Å². The van der Waals surface area contributed by atoms with Gasteiger partial charge in [-0.05, 0) is 49.1 Å². The Balaban J connectivity index is 1.28. The number of aromatic nitrogens is 2. The minimum Gasteiger partial charge on any atom is -0.356 e. The molecule has 0 radical (unpaired) electrons. The monoisotopic (exact) mass is 493 g/mol. The zero-order chi connectivity index (χ0) is 23.8. The lowest BCUT2D eigenvalue weighted by molar-refractivity contribution is -0.121. The molecule has 1 aromatic heterocycles. The molecule has 4 aromatic rings. The Hall–Kier alpha value is -2.82.